The molecular formula is C18H20N2O3. The molecule has 1 aliphatic heterocycles. The van der Waals surface area contributed by atoms with Crippen molar-refractivity contribution in [1.29, 1.82) is 0 Å². The van der Waals surface area contributed by atoms with Crippen LogP contribution >= 0.6 is 0 Å². The van der Waals surface area contributed by atoms with Gasteiger partial charge in [-0.1, -0.05) is 45.0 Å². The lowest BCUT2D eigenvalue weighted by Crippen LogP contribution is -2.18. The van der Waals surface area contributed by atoms with Crippen LogP contribution in [0.25, 0.3) is 0 Å². The van der Waals surface area contributed by atoms with Crippen molar-refractivity contribution in [3.05, 3.63) is 58.9 Å². The smallest absolute Gasteiger partial charge is 0.276 e. The molecular weight excluding hydrogens is 292 g/mol. The Morgan fingerprint density at radius 1 is 1.30 bits per heavy atom. The molecule has 0 aliphatic carbocycles. The van der Waals surface area contributed by atoms with Crippen molar-refractivity contribution >= 4 is 5.91 Å². The maximum absolute atomic E-state index is 11.5. The predicted octanol–water partition coefficient (Wildman–Crippen LogP) is 3.56. The minimum atomic E-state index is -0.596. The number of fused-ring (bicyclic) bond motifs is 1. The molecule has 2 atom stereocenters. The van der Waals surface area contributed by atoms with Crippen LogP contribution in [-0.2, 0) is 0 Å². The number of carbonyl (C=O) groups excluding carboxylic acids is 1. The number of nitrogens with one attached hydrogen (secondary N) is 1. The number of hydroxylamine groups is 1. The molecule has 2 aromatic rings. The summed E-state index contributed by atoms with van der Waals surface area (Å²) in [5.74, 6) is 0.586. The van der Waals surface area contributed by atoms with Crippen LogP contribution in [0, 0.1) is 0 Å². The van der Waals surface area contributed by atoms with Gasteiger partial charge >= 0.3 is 0 Å². The Hall–Kier alpha value is -2.40. The second kappa shape index (κ2) is 6.01. The van der Waals surface area contributed by atoms with E-state index >= 15 is 0 Å². The summed E-state index contributed by atoms with van der Waals surface area (Å²) in [5, 5.41) is 8.72. The minimum absolute atomic E-state index is 0.0983. The molecule has 0 bridgehead atoms. The maximum Gasteiger partial charge on any atom is 0.276 e. The Bertz CT molecular complexity index is 726. The molecule has 5 nitrogen and oxygen atoms in total. The summed E-state index contributed by atoms with van der Waals surface area (Å²) in [5.41, 5.74) is 5.09. The van der Waals surface area contributed by atoms with E-state index in [1.54, 1.807) is 11.5 Å². The number of pyridine rings is 1. The number of hydrogen-bond acceptors (Lipinski definition) is 4. The van der Waals surface area contributed by atoms with Crippen LogP contribution in [0.3, 0.4) is 0 Å². The Morgan fingerprint density at radius 3 is 2.61 bits per heavy atom. The predicted molar refractivity (Wildman–Crippen MR) is 85.8 cm³/mol. The molecule has 1 aromatic carbocycles. The molecule has 2 unspecified atom stereocenters. The van der Waals surface area contributed by atoms with Gasteiger partial charge in [-0.05, 0) is 23.1 Å². The molecule has 3 rings (SSSR count). The second-order valence-corrected chi connectivity index (χ2v) is 6.20. The first-order valence-corrected chi connectivity index (χ1v) is 7.72. The standard InChI is InChI=1S/C18H20N2O3/c1-10(2)12-4-6-13(7-5-12)17-11(3)16-15(23-17)8-14(9-19-16)18(21)20-22/h4-11,17,22H,1-3H3,(H,20,21). The molecule has 1 amide bonds. The fraction of sp³-hybridized carbons (Fsp3) is 0.333. The van der Waals surface area contributed by atoms with Gasteiger partial charge in [0.2, 0.25) is 0 Å². The third-order valence-corrected chi connectivity index (χ3v) is 4.32. The highest BCUT2D eigenvalue weighted by atomic mass is 16.5. The van der Waals surface area contributed by atoms with Gasteiger partial charge in [-0.15, -0.1) is 0 Å². The fourth-order valence-corrected chi connectivity index (χ4v) is 2.89. The van der Waals surface area contributed by atoms with Gasteiger partial charge in [0.05, 0.1) is 11.3 Å². The molecule has 2 heterocycles. The molecule has 1 aliphatic rings. The number of benzene rings is 1. The molecule has 0 fully saturated rings. The van der Waals surface area contributed by atoms with Crippen molar-refractivity contribution in [2.45, 2.75) is 38.7 Å². The van der Waals surface area contributed by atoms with Gasteiger partial charge in [-0.2, -0.15) is 0 Å². The molecule has 2 N–H and O–H groups in total. The third kappa shape index (κ3) is 2.80. The topological polar surface area (TPSA) is 71.5 Å². The summed E-state index contributed by atoms with van der Waals surface area (Å²) in [6, 6.07) is 10.0. The third-order valence-electron chi connectivity index (χ3n) is 4.32. The normalized spacial score (nSPS) is 19.3. The van der Waals surface area contributed by atoms with Crippen LogP contribution in [0.5, 0.6) is 5.75 Å². The van der Waals surface area contributed by atoms with Gasteiger partial charge in [0.25, 0.3) is 5.91 Å². The van der Waals surface area contributed by atoms with E-state index in [0.29, 0.717) is 11.7 Å². The first kappa shape index (κ1) is 15.5. The summed E-state index contributed by atoms with van der Waals surface area (Å²) in [6.07, 6.45) is 1.33. The zero-order valence-electron chi connectivity index (χ0n) is 13.4. The van der Waals surface area contributed by atoms with Crippen molar-refractivity contribution in [2.24, 2.45) is 0 Å². The summed E-state index contributed by atoms with van der Waals surface area (Å²) in [7, 11) is 0. The van der Waals surface area contributed by atoms with Crippen molar-refractivity contribution in [3.63, 3.8) is 0 Å². The number of nitrogens with zero attached hydrogens (tertiary/aromatic N) is 1. The van der Waals surface area contributed by atoms with Crippen molar-refractivity contribution in [1.82, 2.24) is 10.5 Å². The van der Waals surface area contributed by atoms with Gasteiger partial charge in [0.15, 0.2) is 0 Å². The zero-order chi connectivity index (χ0) is 16.6. The fourth-order valence-electron chi connectivity index (χ4n) is 2.89. The van der Waals surface area contributed by atoms with E-state index in [9.17, 15) is 4.79 Å². The number of rotatable bonds is 3. The number of amides is 1. The van der Waals surface area contributed by atoms with E-state index in [2.05, 4.69) is 50.0 Å². The Morgan fingerprint density at radius 2 is 2.00 bits per heavy atom. The summed E-state index contributed by atoms with van der Waals surface area (Å²) in [4.78, 5) is 15.8. The lowest BCUT2D eigenvalue weighted by Gasteiger charge is -2.16. The van der Waals surface area contributed by atoms with Gasteiger partial charge in [-0.3, -0.25) is 15.0 Å². The van der Waals surface area contributed by atoms with Gasteiger partial charge < -0.3 is 4.74 Å². The quantitative estimate of drug-likeness (QED) is 0.671. The first-order valence-electron chi connectivity index (χ1n) is 7.72. The Labute approximate surface area is 135 Å². The summed E-state index contributed by atoms with van der Waals surface area (Å²) >= 11 is 0. The molecule has 1 aromatic heterocycles. The molecule has 0 saturated carbocycles. The average molecular weight is 312 g/mol. The van der Waals surface area contributed by atoms with Crippen molar-refractivity contribution in [3.8, 4) is 5.75 Å². The van der Waals surface area contributed by atoms with E-state index in [-0.39, 0.29) is 17.6 Å². The minimum Gasteiger partial charge on any atom is -0.483 e. The van der Waals surface area contributed by atoms with E-state index in [4.69, 9.17) is 9.94 Å². The number of carbonyl (C=O) groups is 1. The van der Waals surface area contributed by atoms with Crippen LogP contribution < -0.4 is 10.2 Å². The molecule has 0 saturated heterocycles. The number of hydrogen-bond donors (Lipinski definition) is 2. The van der Waals surface area contributed by atoms with Crippen molar-refractivity contribution in [2.75, 3.05) is 0 Å². The average Bonchev–Trinajstić information content (AvgIpc) is 2.90. The van der Waals surface area contributed by atoms with E-state index in [1.165, 1.54) is 11.8 Å². The number of ether oxygens (including phenoxy) is 1. The van der Waals surface area contributed by atoms with Crippen LogP contribution in [-0.4, -0.2) is 16.1 Å². The van der Waals surface area contributed by atoms with Gasteiger partial charge in [0, 0.05) is 12.1 Å². The molecule has 0 radical (unpaired) electrons. The SMILES string of the molecule is CC(C)c1ccc(C2Oc3cc(C(=O)NO)cnc3C2C)cc1. The molecule has 5 heteroatoms. The Kier molecular flexibility index (Phi) is 4.05. The zero-order valence-corrected chi connectivity index (χ0v) is 13.4. The van der Waals surface area contributed by atoms with Crippen LogP contribution in [0.4, 0.5) is 0 Å². The highest BCUT2D eigenvalue weighted by Gasteiger charge is 2.34. The highest BCUT2D eigenvalue weighted by molar-refractivity contribution is 5.93. The largest absolute Gasteiger partial charge is 0.483 e. The van der Waals surface area contributed by atoms with Crippen LogP contribution in [0.1, 0.15) is 65.9 Å². The first-order chi connectivity index (χ1) is 11.0. The Balaban J connectivity index is 1.87. The maximum atomic E-state index is 11.5. The van der Waals surface area contributed by atoms with E-state index in [0.717, 1.165) is 11.3 Å². The molecule has 120 valence electrons. The van der Waals surface area contributed by atoms with E-state index in [1.807, 2.05) is 0 Å². The number of aromatic nitrogens is 1. The molecule has 0 spiro atoms. The van der Waals surface area contributed by atoms with Crippen LogP contribution in [0.15, 0.2) is 36.5 Å². The second-order valence-electron chi connectivity index (χ2n) is 6.20. The van der Waals surface area contributed by atoms with Gasteiger partial charge in [0.1, 0.15) is 11.9 Å². The summed E-state index contributed by atoms with van der Waals surface area (Å²) in [6.45, 7) is 6.39. The summed E-state index contributed by atoms with van der Waals surface area (Å²) < 4.78 is 6.02. The van der Waals surface area contributed by atoms with Crippen molar-refractivity contribution < 1.29 is 14.7 Å². The van der Waals surface area contributed by atoms with Gasteiger partial charge in [-0.25, -0.2) is 5.48 Å². The molecule has 23 heavy (non-hydrogen) atoms. The lowest BCUT2D eigenvalue weighted by molar-refractivity contribution is 0.0705. The highest BCUT2D eigenvalue weighted by Crippen LogP contribution is 2.44. The lowest BCUT2D eigenvalue weighted by atomic mass is 9.94. The van der Waals surface area contributed by atoms with E-state index < -0.39 is 5.91 Å². The monoisotopic (exact) mass is 312 g/mol. The van der Waals surface area contributed by atoms with Crippen LogP contribution in [0.2, 0.25) is 0 Å².